The summed E-state index contributed by atoms with van der Waals surface area (Å²) in [5, 5.41) is 3.05. The topological polar surface area (TPSA) is 49.9 Å². The zero-order chi connectivity index (χ0) is 9.97. The molecule has 2 aromatic rings. The molecule has 1 aromatic carbocycles. The van der Waals surface area contributed by atoms with E-state index in [2.05, 4.69) is 15.3 Å². The molecular weight excluding hydrogens is 178 g/mol. The summed E-state index contributed by atoms with van der Waals surface area (Å²) in [4.78, 5) is 7.62. The molecule has 2 N–H and O–H groups in total. The fourth-order valence-electron chi connectivity index (χ4n) is 1.42. The van der Waals surface area contributed by atoms with Crippen LogP contribution in [-0.4, -0.2) is 24.1 Å². The molecular formula is C10H13N3O. The van der Waals surface area contributed by atoms with Gasteiger partial charge in [-0.15, -0.1) is 0 Å². The number of methoxy groups -OCH3 is 1. The highest BCUT2D eigenvalue weighted by molar-refractivity contribution is 5.76. The molecule has 2 rings (SSSR count). The molecule has 0 saturated heterocycles. The number of hydrogen-bond donors (Lipinski definition) is 2. The van der Waals surface area contributed by atoms with E-state index < -0.39 is 0 Å². The molecule has 0 aliphatic rings. The molecule has 0 aliphatic carbocycles. The van der Waals surface area contributed by atoms with Crippen molar-refractivity contribution in [2.24, 2.45) is 0 Å². The van der Waals surface area contributed by atoms with Gasteiger partial charge in [-0.3, -0.25) is 0 Å². The molecule has 1 heterocycles. The van der Waals surface area contributed by atoms with E-state index in [4.69, 9.17) is 4.74 Å². The highest BCUT2D eigenvalue weighted by Gasteiger charge is 2.02. The first-order chi connectivity index (χ1) is 6.83. The van der Waals surface area contributed by atoms with Crippen LogP contribution in [0.15, 0.2) is 18.2 Å². The fraction of sp³-hybridized carbons (Fsp3) is 0.300. The highest BCUT2D eigenvalue weighted by Crippen LogP contribution is 2.18. The normalized spacial score (nSPS) is 10.7. The van der Waals surface area contributed by atoms with Gasteiger partial charge in [0.25, 0.3) is 0 Å². The second kappa shape index (κ2) is 3.67. The van der Waals surface area contributed by atoms with Crippen LogP contribution in [0.1, 0.15) is 5.82 Å². The number of benzene rings is 1. The first kappa shape index (κ1) is 9.02. The molecule has 0 radical (unpaired) electrons. The number of H-pyrrole nitrogens is 1. The second-order valence-electron chi connectivity index (χ2n) is 3.10. The number of fused-ring (bicyclic) bond motifs is 1. The summed E-state index contributed by atoms with van der Waals surface area (Å²) in [7, 11) is 3.56. The maximum absolute atomic E-state index is 5.13. The number of aromatic amines is 1. The standard InChI is InChI=1S/C10H13N3O/c1-11-6-10-12-8-4-3-7(14-2)5-9(8)13-10/h3-5,11H,6H2,1-2H3,(H,12,13). The third kappa shape index (κ3) is 1.56. The third-order valence-electron chi connectivity index (χ3n) is 2.08. The molecule has 0 spiro atoms. The Kier molecular flexibility index (Phi) is 2.37. The van der Waals surface area contributed by atoms with Gasteiger partial charge in [0.05, 0.1) is 24.7 Å². The van der Waals surface area contributed by atoms with Crippen LogP contribution < -0.4 is 10.1 Å². The summed E-state index contributed by atoms with van der Waals surface area (Å²) in [6.07, 6.45) is 0. The Balaban J connectivity index is 2.43. The van der Waals surface area contributed by atoms with Crippen molar-refractivity contribution in [3.63, 3.8) is 0 Å². The summed E-state index contributed by atoms with van der Waals surface area (Å²) < 4.78 is 5.13. The van der Waals surface area contributed by atoms with Crippen LogP contribution in [0.2, 0.25) is 0 Å². The molecule has 0 aliphatic heterocycles. The third-order valence-corrected chi connectivity index (χ3v) is 2.08. The molecule has 0 amide bonds. The first-order valence-corrected chi connectivity index (χ1v) is 4.50. The zero-order valence-electron chi connectivity index (χ0n) is 8.29. The van der Waals surface area contributed by atoms with E-state index in [0.717, 1.165) is 29.2 Å². The lowest BCUT2D eigenvalue weighted by atomic mass is 10.3. The van der Waals surface area contributed by atoms with Gasteiger partial charge in [0.2, 0.25) is 0 Å². The van der Waals surface area contributed by atoms with Crippen molar-refractivity contribution >= 4 is 11.0 Å². The Hall–Kier alpha value is -1.55. The van der Waals surface area contributed by atoms with Crippen molar-refractivity contribution in [1.29, 1.82) is 0 Å². The molecule has 1 aromatic heterocycles. The average molecular weight is 191 g/mol. The minimum Gasteiger partial charge on any atom is -0.497 e. The molecule has 0 unspecified atom stereocenters. The van der Waals surface area contributed by atoms with Crippen molar-refractivity contribution in [3.8, 4) is 5.75 Å². The lowest BCUT2D eigenvalue weighted by Crippen LogP contribution is -2.06. The zero-order valence-corrected chi connectivity index (χ0v) is 8.29. The van der Waals surface area contributed by atoms with Crippen LogP contribution in [0, 0.1) is 0 Å². The summed E-state index contributed by atoms with van der Waals surface area (Å²) in [6.45, 7) is 0.747. The van der Waals surface area contributed by atoms with E-state index >= 15 is 0 Å². The van der Waals surface area contributed by atoms with E-state index in [1.54, 1.807) is 7.11 Å². The molecule has 74 valence electrons. The number of aromatic nitrogens is 2. The molecule has 14 heavy (non-hydrogen) atoms. The second-order valence-corrected chi connectivity index (χ2v) is 3.10. The van der Waals surface area contributed by atoms with Gasteiger partial charge < -0.3 is 15.0 Å². The minimum absolute atomic E-state index is 0.747. The van der Waals surface area contributed by atoms with E-state index in [0.29, 0.717) is 0 Å². The molecule has 0 saturated carbocycles. The highest BCUT2D eigenvalue weighted by atomic mass is 16.5. The van der Waals surface area contributed by atoms with Gasteiger partial charge in [-0.25, -0.2) is 4.98 Å². The lowest BCUT2D eigenvalue weighted by Gasteiger charge is -1.96. The van der Waals surface area contributed by atoms with Crippen molar-refractivity contribution in [2.75, 3.05) is 14.2 Å². The average Bonchev–Trinajstić information content (AvgIpc) is 2.59. The van der Waals surface area contributed by atoms with Crippen LogP contribution in [0.25, 0.3) is 11.0 Å². The SMILES string of the molecule is CNCc1nc2ccc(OC)cc2[nH]1. The maximum atomic E-state index is 5.13. The Morgan fingerprint density at radius 3 is 3.07 bits per heavy atom. The lowest BCUT2D eigenvalue weighted by molar-refractivity contribution is 0.415. The molecule has 4 heteroatoms. The van der Waals surface area contributed by atoms with Gasteiger partial charge in [-0.05, 0) is 19.2 Å². The number of nitrogens with zero attached hydrogens (tertiary/aromatic N) is 1. The minimum atomic E-state index is 0.747. The number of nitrogens with one attached hydrogen (secondary N) is 2. The predicted molar refractivity (Wildman–Crippen MR) is 55.4 cm³/mol. The smallest absolute Gasteiger partial charge is 0.121 e. The van der Waals surface area contributed by atoms with E-state index in [1.807, 2.05) is 25.2 Å². The van der Waals surface area contributed by atoms with Crippen molar-refractivity contribution in [3.05, 3.63) is 24.0 Å². The summed E-state index contributed by atoms with van der Waals surface area (Å²) in [5.74, 6) is 1.79. The summed E-state index contributed by atoms with van der Waals surface area (Å²) >= 11 is 0. The Morgan fingerprint density at radius 1 is 1.50 bits per heavy atom. The number of rotatable bonds is 3. The number of imidazole rings is 1. The van der Waals surface area contributed by atoms with Gasteiger partial charge >= 0.3 is 0 Å². The van der Waals surface area contributed by atoms with Crippen LogP contribution in [0.5, 0.6) is 5.75 Å². The monoisotopic (exact) mass is 191 g/mol. The number of ether oxygens (including phenoxy) is 1. The molecule has 4 nitrogen and oxygen atoms in total. The van der Waals surface area contributed by atoms with Crippen molar-refractivity contribution in [1.82, 2.24) is 15.3 Å². The Morgan fingerprint density at radius 2 is 2.36 bits per heavy atom. The van der Waals surface area contributed by atoms with Crippen molar-refractivity contribution < 1.29 is 4.74 Å². The first-order valence-electron chi connectivity index (χ1n) is 4.50. The van der Waals surface area contributed by atoms with Gasteiger partial charge in [-0.2, -0.15) is 0 Å². The van der Waals surface area contributed by atoms with Gasteiger partial charge in [-0.1, -0.05) is 0 Å². The Bertz CT molecular complexity index is 436. The molecule has 0 fully saturated rings. The van der Waals surface area contributed by atoms with Crippen LogP contribution in [0.4, 0.5) is 0 Å². The van der Waals surface area contributed by atoms with E-state index in [-0.39, 0.29) is 0 Å². The summed E-state index contributed by atoms with van der Waals surface area (Å²) in [6, 6.07) is 5.80. The molecule has 0 bridgehead atoms. The largest absolute Gasteiger partial charge is 0.497 e. The van der Waals surface area contributed by atoms with Crippen molar-refractivity contribution in [2.45, 2.75) is 6.54 Å². The van der Waals surface area contributed by atoms with Gasteiger partial charge in [0.1, 0.15) is 11.6 Å². The Labute approximate surface area is 82.3 Å². The van der Waals surface area contributed by atoms with Crippen LogP contribution in [-0.2, 0) is 6.54 Å². The maximum Gasteiger partial charge on any atom is 0.121 e. The quantitative estimate of drug-likeness (QED) is 0.768. The van der Waals surface area contributed by atoms with Crippen LogP contribution >= 0.6 is 0 Å². The van der Waals surface area contributed by atoms with Gasteiger partial charge in [0, 0.05) is 6.07 Å². The van der Waals surface area contributed by atoms with E-state index in [9.17, 15) is 0 Å². The van der Waals surface area contributed by atoms with Gasteiger partial charge in [0.15, 0.2) is 0 Å². The van der Waals surface area contributed by atoms with Crippen LogP contribution in [0.3, 0.4) is 0 Å². The predicted octanol–water partition coefficient (Wildman–Crippen LogP) is 1.29. The molecule has 0 atom stereocenters. The summed E-state index contributed by atoms with van der Waals surface area (Å²) in [5.41, 5.74) is 1.98. The number of hydrogen-bond acceptors (Lipinski definition) is 3. The van der Waals surface area contributed by atoms with E-state index in [1.165, 1.54) is 0 Å². The fourth-order valence-corrected chi connectivity index (χ4v) is 1.42.